The SMILES string of the molecule is Cc1cc(S(=O)(=O)c2ccc(O)c(Cl)c2)ccc1C1CCNC1. The fraction of sp³-hybridized carbons (Fsp3) is 0.294. The third-order valence-electron chi connectivity index (χ3n) is 4.28. The van der Waals surface area contributed by atoms with E-state index in [1.165, 1.54) is 23.8 Å². The first kappa shape index (κ1) is 16.3. The molecule has 1 unspecified atom stereocenters. The van der Waals surface area contributed by atoms with E-state index in [0.29, 0.717) is 5.92 Å². The molecule has 1 aliphatic rings. The Morgan fingerprint density at radius 1 is 1.17 bits per heavy atom. The van der Waals surface area contributed by atoms with Gasteiger partial charge in [-0.15, -0.1) is 0 Å². The van der Waals surface area contributed by atoms with E-state index in [2.05, 4.69) is 5.32 Å². The largest absolute Gasteiger partial charge is 0.506 e. The van der Waals surface area contributed by atoms with E-state index >= 15 is 0 Å². The molecule has 0 amide bonds. The van der Waals surface area contributed by atoms with Crippen molar-refractivity contribution < 1.29 is 13.5 Å². The first-order valence-corrected chi connectivity index (χ1v) is 9.30. The highest BCUT2D eigenvalue weighted by Crippen LogP contribution is 2.31. The topological polar surface area (TPSA) is 66.4 Å². The van der Waals surface area contributed by atoms with Gasteiger partial charge < -0.3 is 10.4 Å². The van der Waals surface area contributed by atoms with Crippen LogP contribution in [-0.2, 0) is 9.84 Å². The molecule has 1 fully saturated rings. The zero-order valence-electron chi connectivity index (χ0n) is 12.7. The van der Waals surface area contributed by atoms with Crippen LogP contribution < -0.4 is 5.32 Å². The van der Waals surface area contributed by atoms with Gasteiger partial charge in [-0.3, -0.25) is 0 Å². The maximum Gasteiger partial charge on any atom is 0.206 e. The van der Waals surface area contributed by atoms with E-state index in [4.69, 9.17) is 11.6 Å². The number of halogens is 1. The Bertz CT molecular complexity index is 843. The summed E-state index contributed by atoms with van der Waals surface area (Å²) in [5.74, 6) is 0.306. The van der Waals surface area contributed by atoms with Crippen molar-refractivity contribution in [2.75, 3.05) is 13.1 Å². The van der Waals surface area contributed by atoms with Crippen molar-refractivity contribution >= 4 is 21.4 Å². The number of phenols is 1. The van der Waals surface area contributed by atoms with Gasteiger partial charge in [-0.25, -0.2) is 8.42 Å². The van der Waals surface area contributed by atoms with Gasteiger partial charge in [-0.2, -0.15) is 0 Å². The molecule has 0 aliphatic carbocycles. The summed E-state index contributed by atoms with van der Waals surface area (Å²) in [5, 5.41) is 12.8. The molecule has 4 nitrogen and oxygen atoms in total. The van der Waals surface area contributed by atoms with Crippen molar-refractivity contribution in [2.45, 2.75) is 29.1 Å². The Kier molecular flexibility index (Phi) is 4.36. The van der Waals surface area contributed by atoms with Gasteiger partial charge >= 0.3 is 0 Å². The number of aromatic hydroxyl groups is 1. The molecule has 0 spiro atoms. The molecule has 0 aromatic heterocycles. The van der Waals surface area contributed by atoms with E-state index in [1.807, 2.05) is 13.0 Å². The highest BCUT2D eigenvalue weighted by atomic mass is 35.5. The molecule has 1 heterocycles. The van der Waals surface area contributed by atoms with Gasteiger partial charge in [0.05, 0.1) is 14.8 Å². The Morgan fingerprint density at radius 2 is 1.87 bits per heavy atom. The van der Waals surface area contributed by atoms with Crippen LogP contribution in [0.15, 0.2) is 46.2 Å². The van der Waals surface area contributed by atoms with Gasteiger partial charge in [0.15, 0.2) is 0 Å². The lowest BCUT2D eigenvalue weighted by Gasteiger charge is -2.14. The van der Waals surface area contributed by atoms with Gasteiger partial charge in [0.1, 0.15) is 5.75 Å². The summed E-state index contributed by atoms with van der Waals surface area (Å²) in [6.45, 7) is 3.87. The summed E-state index contributed by atoms with van der Waals surface area (Å²) < 4.78 is 25.5. The number of hydrogen-bond donors (Lipinski definition) is 2. The van der Waals surface area contributed by atoms with Crippen LogP contribution in [0.1, 0.15) is 23.5 Å². The molecule has 23 heavy (non-hydrogen) atoms. The predicted molar refractivity (Wildman–Crippen MR) is 90.0 cm³/mol. The standard InChI is InChI=1S/C17H18ClNO3S/c1-11-8-13(2-4-15(11)12-6-7-19-10-12)23(21,22)14-3-5-17(20)16(18)9-14/h2-5,8-9,12,19-20H,6-7,10H2,1H3. The van der Waals surface area contributed by atoms with Crippen molar-refractivity contribution in [3.8, 4) is 5.75 Å². The van der Waals surface area contributed by atoms with Crippen molar-refractivity contribution in [3.63, 3.8) is 0 Å². The average molecular weight is 352 g/mol. The molecule has 1 aliphatic heterocycles. The molecular formula is C17H18ClNO3S. The summed E-state index contributed by atoms with van der Waals surface area (Å²) in [5.41, 5.74) is 2.17. The number of hydrogen-bond acceptors (Lipinski definition) is 4. The molecule has 2 N–H and O–H groups in total. The summed E-state index contributed by atoms with van der Waals surface area (Å²) in [7, 11) is -3.65. The van der Waals surface area contributed by atoms with Gasteiger partial charge in [0, 0.05) is 6.54 Å². The molecule has 1 saturated heterocycles. The number of sulfone groups is 1. The number of aryl methyl sites for hydroxylation is 1. The van der Waals surface area contributed by atoms with Gasteiger partial charge in [0.25, 0.3) is 0 Å². The van der Waals surface area contributed by atoms with Crippen LogP contribution >= 0.6 is 11.6 Å². The highest BCUT2D eigenvalue weighted by molar-refractivity contribution is 7.91. The van der Waals surface area contributed by atoms with Crippen molar-refractivity contribution in [3.05, 3.63) is 52.5 Å². The van der Waals surface area contributed by atoms with E-state index in [0.717, 1.165) is 25.1 Å². The first-order valence-electron chi connectivity index (χ1n) is 7.44. The smallest absolute Gasteiger partial charge is 0.206 e. The number of rotatable bonds is 3. The molecule has 122 valence electrons. The summed E-state index contributed by atoms with van der Waals surface area (Å²) >= 11 is 5.83. The molecule has 0 bridgehead atoms. The Balaban J connectivity index is 1.99. The Labute approximate surface area is 141 Å². The summed E-state index contributed by atoms with van der Waals surface area (Å²) in [6.07, 6.45) is 1.07. The van der Waals surface area contributed by atoms with Crippen molar-refractivity contribution in [1.29, 1.82) is 0 Å². The van der Waals surface area contributed by atoms with Crippen LogP contribution in [0.5, 0.6) is 5.75 Å². The lowest BCUT2D eigenvalue weighted by molar-refractivity contribution is 0.475. The van der Waals surface area contributed by atoms with E-state index in [1.54, 1.807) is 12.1 Å². The second-order valence-electron chi connectivity index (χ2n) is 5.82. The van der Waals surface area contributed by atoms with Crippen LogP contribution in [-0.4, -0.2) is 26.6 Å². The maximum atomic E-state index is 12.7. The summed E-state index contributed by atoms with van der Waals surface area (Å²) in [6, 6.07) is 9.19. The van der Waals surface area contributed by atoms with Crippen molar-refractivity contribution in [1.82, 2.24) is 5.32 Å². The lowest BCUT2D eigenvalue weighted by Crippen LogP contribution is -2.09. The van der Waals surface area contributed by atoms with Crippen LogP contribution in [0.3, 0.4) is 0 Å². The number of nitrogens with one attached hydrogen (secondary N) is 1. The minimum absolute atomic E-state index is 0.0245. The van der Waals surface area contributed by atoms with Crippen LogP contribution in [0, 0.1) is 6.92 Å². The third kappa shape index (κ3) is 3.09. The van der Waals surface area contributed by atoms with E-state index < -0.39 is 9.84 Å². The molecule has 3 rings (SSSR count). The zero-order chi connectivity index (χ0) is 16.6. The molecule has 6 heteroatoms. The summed E-state index contributed by atoms with van der Waals surface area (Å²) in [4.78, 5) is 0.321. The molecular weight excluding hydrogens is 334 g/mol. The van der Waals surface area contributed by atoms with E-state index in [-0.39, 0.29) is 20.6 Å². The predicted octanol–water partition coefficient (Wildman–Crippen LogP) is 3.26. The van der Waals surface area contributed by atoms with Gasteiger partial charge in [-0.05, 0) is 67.3 Å². The fourth-order valence-electron chi connectivity index (χ4n) is 2.98. The molecule has 1 atom stereocenters. The monoisotopic (exact) mass is 351 g/mol. The van der Waals surface area contributed by atoms with Gasteiger partial charge in [0.2, 0.25) is 9.84 Å². The van der Waals surface area contributed by atoms with Crippen LogP contribution in [0.2, 0.25) is 5.02 Å². The minimum atomic E-state index is -3.65. The van der Waals surface area contributed by atoms with E-state index in [9.17, 15) is 13.5 Å². The highest BCUT2D eigenvalue weighted by Gasteiger charge is 2.22. The second kappa shape index (κ2) is 6.15. The Hall–Kier alpha value is -1.56. The Morgan fingerprint density at radius 3 is 2.48 bits per heavy atom. The minimum Gasteiger partial charge on any atom is -0.506 e. The van der Waals surface area contributed by atoms with Gasteiger partial charge in [-0.1, -0.05) is 17.7 Å². The number of benzene rings is 2. The van der Waals surface area contributed by atoms with Crippen molar-refractivity contribution in [2.24, 2.45) is 0 Å². The molecule has 0 saturated carbocycles. The van der Waals surface area contributed by atoms with Crippen LogP contribution in [0.25, 0.3) is 0 Å². The number of phenolic OH excluding ortho intramolecular Hbond substituents is 1. The molecule has 2 aromatic rings. The second-order valence-corrected chi connectivity index (χ2v) is 8.18. The molecule has 2 aromatic carbocycles. The molecule has 0 radical (unpaired) electrons. The third-order valence-corrected chi connectivity index (χ3v) is 6.33. The van der Waals surface area contributed by atoms with Crippen LogP contribution in [0.4, 0.5) is 0 Å². The normalized spacial score (nSPS) is 18.3. The average Bonchev–Trinajstić information content (AvgIpc) is 3.03. The lowest BCUT2D eigenvalue weighted by atomic mass is 9.94. The maximum absolute atomic E-state index is 12.7. The first-order chi connectivity index (χ1) is 10.9. The zero-order valence-corrected chi connectivity index (χ0v) is 14.3. The fourth-order valence-corrected chi connectivity index (χ4v) is 4.60. The quantitative estimate of drug-likeness (QED) is 0.890.